The highest BCUT2D eigenvalue weighted by Crippen LogP contribution is 2.22. The van der Waals surface area contributed by atoms with E-state index in [0.29, 0.717) is 37.4 Å². The van der Waals surface area contributed by atoms with Crippen molar-refractivity contribution in [2.24, 2.45) is 0 Å². The molecule has 3 heterocycles. The first-order valence-electron chi connectivity index (χ1n) is 10.5. The highest BCUT2D eigenvalue weighted by molar-refractivity contribution is 5.98. The van der Waals surface area contributed by atoms with Crippen molar-refractivity contribution in [1.29, 1.82) is 0 Å². The summed E-state index contributed by atoms with van der Waals surface area (Å²) in [4.78, 5) is 18.6. The lowest BCUT2D eigenvalue weighted by molar-refractivity contribution is -0.00168. The average Bonchev–Trinajstić information content (AvgIpc) is 3.55. The van der Waals surface area contributed by atoms with Crippen LogP contribution in [0.25, 0.3) is 11.4 Å². The first-order chi connectivity index (χ1) is 15.7. The fraction of sp³-hybridized carbons (Fsp3) is 0.261. The third-order valence-corrected chi connectivity index (χ3v) is 5.70. The van der Waals surface area contributed by atoms with Crippen molar-refractivity contribution >= 4 is 5.91 Å². The number of aryl methyl sites for hydroxylation is 1. The summed E-state index contributed by atoms with van der Waals surface area (Å²) in [5, 5.41) is 16.9. The third-order valence-electron chi connectivity index (χ3n) is 5.70. The minimum absolute atomic E-state index is 0.0475. The predicted octanol–water partition coefficient (Wildman–Crippen LogP) is 2.24. The molecular weight excluding hydrogens is 406 g/mol. The molecule has 1 atom stereocenters. The molecule has 9 heteroatoms. The molecule has 0 radical (unpaired) electrons. The topological polar surface area (TPSA) is 91.0 Å². The monoisotopic (exact) mass is 429 g/mol. The summed E-state index contributed by atoms with van der Waals surface area (Å²) < 4.78 is 5.76. The molecule has 5 rings (SSSR count). The van der Waals surface area contributed by atoms with Crippen LogP contribution in [0, 0.1) is 6.92 Å². The van der Waals surface area contributed by atoms with Crippen LogP contribution in [0.15, 0.2) is 67.3 Å². The van der Waals surface area contributed by atoms with Gasteiger partial charge in [0.05, 0.1) is 61.0 Å². The van der Waals surface area contributed by atoms with Gasteiger partial charge in [0, 0.05) is 6.54 Å². The number of benzene rings is 2. The highest BCUT2D eigenvalue weighted by atomic mass is 16.5. The number of amides is 1. The molecule has 1 saturated heterocycles. The maximum atomic E-state index is 13.6. The van der Waals surface area contributed by atoms with Gasteiger partial charge in [-0.05, 0) is 48.7 Å². The summed E-state index contributed by atoms with van der Waals surface area (Å²) in [6, 6.07) is 13.5. The molecule has 0 spiro atoms. The standard InChI is InChI=1S/C23H23N7O2/c1-17-6-7-19(29-24-8-9-25-29)14-18(17)15-20-16-32-13-12-28(20)23(31)21-4-2-3-5-22(21)30-26-10-11-27-30/h2-11,14,20H,12-13,15-16H2,1H3/t20-/m1/s1. The van der Waals surface area contributed by atoms with E-state index in [1.165, 1.54) is 4.80 Å². The van der Waals surface area contributed by atoms with E-state index in [-0.39, 0.29) is 11.9 Å². The van der Waals surface area contributed by atoms with E-state index in [9.17, 15) is 4.79 Å². The van der Waals surface area contributed by atoms with Crippen LogP contribution >= 0.6 is 0 Å². The number of para-hydroxylation sites is 1. The minimum Gasteiger partial charge on any atom is -0.377 e. The van der Waals surface area contributed by atoms with E-state index in [1.54, 1.807) is 29.6 Å². The van der Waals surface area contributed by atoms with Gasteiger partial charge in [-0.25, -0.2) is 0 Å². The quantitative estimate of drug-likeness (QED) is 0.483. The molecule has 2 aromatic heterocycles. The molecule has 4 aromatic rings. The molecule has 0 aliphatic carbocycles. The number of aromatic nitrogens is 6. The summed E-state index contributed by atoms with van der Waals surface area (Å²) in [7, 11) is 0. The van der Waals surface area contributed by atoms with Gasteiger partial charge in [-0.3, -0.25) is 4.79 Å². The van der Waals surface area contributed by atoms with Crippen LogP contribution in [-0.2, 0) is 11.2 Å². The molecule has 32 heavy (non-hydrogen) atoms. The number of rotatable bonds is 5. The molecule has 0 saturated carbocycles. The zero-order chi connectivity index (χ0) is 21.9. The van der Waals surface area contributed by atoms with E-state index in [4.69, 9.17) is 4.74 Å². The van der Waals surface area contributed by atoms with Gasteiger partial charge in [-0.15, -0.1) is 0 Å². The SMILES string of the molecule is Cc1ccc(-n2nccn2)cc1C[C@@H]1COCCN1C(=O)c1ccccc1-n1nccn1. The van der Waals surface area contributed by atoms with E-state index >= 15 is 0 Å². The van der Waals surface area contributed by atoms with Crippen molar-refractivity contribution in [2.75, 3.05) is 19.8 Å². The summed E-state index contributed by atoms with van der Waals surface area (Å²) >= 11 is 0. The lowest BCUT2D eigenvalue weighted by Gasteiger charge is -2.36. The Morgan fingerprint density at radius 1 is 1.00 bits per heavy atom. The molecule has 1 aliphatic rings. The third kappa shape index (κ3) is 3.90. The molecule has 0 bridgehead atoms. The highest BCUT2D eigenvalue weighted by Gasteiger charge is 2.30. The van der Waals surface area contributed by atoms with Crippen LogP contribution < -0.4 is 0 Å². The van der Waals surface area contributed by atoms with E-state index in [0.717, 1.165) is 16.8 Å². The maximum absolute atomic E-state index is 13.6. The molecule has 2 aromatic carbocycles. The number of morpholine rings is 1. The van der Waals surface area contributed by atoms with Crippen LogP contribution in [0.5, 0.6) is 0 Å². The summed E-state index contributed by atoms with van der Waals surface area (Å²) in [5.41, 5.74) is 4.41. The van der Waals surface area contributed by atoms with Gasteiger partial charge in [-0.1, -0.05) is 18.2 Å². The van der Waals surface area contributed by atoms with Gasteiger partial charge in [-0.2, -0.15) is 30.0 Å². The van der Waals surface area contributed by atoms with Crippen molar-refractivity contribution in [1.82, 2.24) is 34.9 Å². The Balaban J connectivity index is 1.44. The molecule has 1 amide bonds. The van der Waals surface area contributed by atoms with Crippen molar-refractivity contribution in [3.05, 3.63) is 83.9 Å². The summed E-state index contributed by atoms with van der Waals surface area (Å²) in [6.45, 7) is 3.60. The predicted molar refractivity (Wildman–Crippen MR) is 117 cm³/mol. The molecule has 9 nitrogen and oxygen atoms in total. The van der Waals surface area contributed by atoms with Gasteiger partial charge in [0.25, 0.3) is 5.91 Å². The van der Waals surface area contributed by atoms with Gasteiger partial charge < -0.3 is 9.64 Å². The maximum Gasteiger partial charge on any atom is 0.256 e. The van der Waals surface area contributed by atoms with Crippen molar-refractivity contribution in [3.8, 4) is 11.4 Å². The molecule has 1 fully saturated rings. The summed E-state index contributed by atoms with van der Waals surface area (Å²) in [5.74, 6) is -0.0475. The molecular formula is C23H23N7O2. The Morgan fingerprint density at radius 2 is 1.72 bits per heavy atom. The second-order valence-electron chi connectivity index (χ2n) is 7.70. The van der Waals surface area contributed by atoms with Crippen molar-refractivity contribution in [2.45, 2.75) is 19.4 Å². The Bertz CT molecular complexity index is 1210. The Kier molecular flexibility index (Phi) is 5.47. The lowest BCUT2D eigenvalue weighted by atomic mass is 9.98. The van der Waals surface area contributed by atoms with Gasteiger partial charge in [0.2, 0.25) is 0 Å². The second-order valence-corrected chi connectivity index (χ2v) is 7.70. The van der Waals surface area contributed by atoms with Crippen molar-refractivity contribution < 1.29 is 9.53 Å². The molecule has 0 N–H and O–H groups in total. The number of hydrogen-bond acceptors (Lipinski definition) is 6. The number of hydrogen-bond donors (Lipinski definition) is 0. The van der Waals surface area contributed by atoms with Crippen LogP contribution in [-0.4, -0.2) is 66.6 Å². The van der Waals surface area contributed by atoms with Crippen molar-refractivity contribution in [3.63, 3.8) is 0 Å². The van der Waals surface area contributed by atoms with Gasteiger partial charge in [0.15, 0.2) is 0 Å². The fourth-order valence-corrected chi connectivity index (χ4v) is 4.02. The Morgan fingerprint density at radius 3 is 2.50 bits per heavy atom. The van der Waals surface area contributed by atoms with E-state index in [2.05, 4.69) is 39.5 Å². The van der Waals surface area contributed by atoms with E-state index in [1.807, 2.05) is 35.2 Å². The minimum atomic E-state index is -0.0885. The van der Waals surface area contributed by atoms with Crippen LogP contribution in [0.3, 0.4) is 0 Å². The Labute approximate surface area is 185 Å². The normalized spacial score (nSPS) is 16.3. The van der Waals surface area contributed by atoms with E-state index < -0.39 is 0 Å². The number of carbonyl (C=O) groups is 1. The molecule has 1 aliphatic heterocycles. The number of nitrogens with zero attached hydrogens (tertiary/aromatic N) is 7. The van der Waals surface area contributed by atoms with Gasteiger partial charge in [0.1, 0.15) is 0 Å². The first-order valence-corrected chi connectivity index (χ1v) is 10.5. The zero-order valence-corrected chi connectivity index (χ0v) is 17.7. The second kappa shape index (κ2) is 8.72. The summed E-state index contributed by atoms with van der Waals surface area (Å²) in [6.07, 6.45) is 7.18. The van der Waals surface area contributed by atoms with Crippen LogP contribution in [0.2, 0.25) is 0 Å². The smallest absolute Gasteiger partial charge is 0.256 e. The average molecular weight is 429 g/mol. The lowest BCUT2D eigenvalue weighted by Crippen LogP contribution is -2.50. The van der Waals surface area contributed by atoms with Gasteiger partial charge >= 0.3 is 0 Å². The van der Waals surface area contributed by atoms with Crippen LogP contribution in [0.1, 0.15) is 21.5 Å². The molecule has 0 unspecified atom stereocenters. The van der Waals surface area contributed by atoms with Crippen LogP contribution in [0.4, 0.5) is 0 Å². The number of carbonyl (C=O) groups excluding carboxylic acids is 1. The number of ether oxygens (including phenoxy) is 1. The molecule has 162 valence electrons. The Hall–Kier alpha value is -3.85. The largest absolute Gasteiger partial charge is 0.377 e. The fourth-order valence-electron chi connectivity index (χ4n) is 4.02. The zero-order valence-electron chi connectivity index (χ0n) is 17.7. The first kappa shape index (κ1) is 20.1.